The number of hydrogen-bond donors (Lipinski definition) is 2. The SMILES string of the molecule is CC(NC(=O)c1ccco1)C(=O)NC(CN1CCCC1=O)c1ccccc1. The summed E-state index contributed by atoms with van der Waals surface area (Å²) < 4.78 is 5.04. The van der Waals surface area contributed by atoms with Gasteiger partial charge >= 0.3 is 0 Å². The van der Waals surface area contributed by atoms with E-state index < -0.39 is 11.9 Å². The second kappa shape index (κ2) is 8.53. The number of furan rings is 1. The largest absolute Gasteiger partial charge is 0.459 e. The fraction of sp³-hybridized carbons (Fsp3) is 0.350. The lowest BCUT2D eigenvalue weighted by Crippen LogP contribution is -2.48. The van der Waals surface area contributed by atoms with Crippen LogP contribution in [0.25, 0.3) is 0 Å². The van der Waals surface area contributed by atoms with Crippen molar-refractivity contribution in [1.29, 1.82) is 0 Å². The van der Waals surface area contributed by atoms with E-state index in [2.05, 4.69) is 10.6 Å². The topological polar surface area (TPSA) is 91.7 Å². The van der Waals surface area contributed by atoms with Gasteiger partial charge in [-0.1, -0.05) is 30.3 Å². The number of nitrogens with zero attached hydrogens (tertiary/aromatic N) is 1. The Hall–Kier alpha value is -3.09. The van der Waals surface area contributed by atoms with Gasteiger partial charge in [0.1, 0.15) is 6.04 Å². The van der Waals surface area contributed by atoms with Gasteiger partial charge in [-0.25, -0.2) is 0 Å². The van der Waals surface area contributed by atoms with Crippen molar-refractivity contribution in [2.75, 3.05) is 13.1 Å². The summed E-state index contributed by atoms with van der Waals surface area (Å²) in [5.74, 6) is -0.523. The lowest BCUT2D eigenvalue weighted by Gasteiger charge is -2.26. The van der Waals surface area contributed by atoms with Crippen LogP contribution in [0.15, 0.2) is 53.1 Å². The lowest BCUT2D eigenvalue weighted by molar-refractivity contribution is -0.129. The summed E-state index contributed by atoms with van der Waals surface area (Å²) in [5.41, 5.74) is 0.912. The monoisotopic (exact) mass is 369 g/mol. The van der Waals surface area contributed by atoms with Crippen LogP contribution < -0.4 is 10.6 Å². The molecule has 1 aromatic heterocycles. The number of amides is 3. The minimum absolute atomic E-state index is 0.101. The molecule has 27 heavy (non-hydrogen) atoms. The van der Waals surface area contributed by atoms with E-state index in [9.17, 15) is 14.4 Å². The van der Waals surface area contributed by atoms with Crippen molar-refractivity contribution in [3.63, 3.8) is 0 Å². The van der Waals surface area contributed by atoms with Crippen LogP contribution in [-0.4, -0.2) is 41.8 Å². The molecular formula is C20H23N3O4. The second-order valence-corrected chi connectivity index (χ2v) is 6.59. The van der Waals surface area contributed by atoms with Gasteiger partial charge in [0.15, 0.2) is 5.76 Å². The van der Waals surface area contributed by atoms with Gasteiger partial charge in [-0.2, -0.15) is 0 Å². The summed E-state index contributed by atoms with van der Waals surface area (Å²) in [5, 5.41) is 5.57. The Morgan fingerprint density at radius 2 is 1.93 bits per heavy atom. The van der Waals surface area contributed by atoms with Gasteiger partial charge in [0.05, 0.1) is 12.3 Å². The van der Waals surface area contributed by atoms with Crippen molar-refractivity contribution in [2.24, 2.45) is 0 Å². The molecule has 1 saturated heterocycles. The van der Waals surface area contributed by atoms with E-state index in [0.29, 0.717) is 19.5 Å². The molecule has 142 valence electrons. The van der Waals surface area contributed by atoms with Crippen LogP contribution in [0.3, 0.4) is 0 Å². The first-order valence-electron chi connectivity index (χ1n) is 9.02. The van der Waals surface area contributed by atoms with E-state index in [1.165, 1.54) is 12.3 Å². The third kappa shape index (κ3) is 4.75. The highest BCUT2D eigenvalue weighted by molar-refractivity contribution is 5.95. The maximum atomic E-state index is 12.6. The standard InChI is InChI=1S/C20H23N3O4/c1-14(21-20(26)17-9-6-12-27-17)19(25)22-16(15-7-3-2-4-8-15)13-23-11-5-10-18(23)24/h2-4,6-9,12,14,16H,5,10-11,13H2,1H3,(H,21,26)(H,22,25). The third-order valence-electron chi connectivity index (χ3n) is 4.58. The van der Waals surface area contributed by atoms with Crippen molar-refractivity contribution in [3.05, 3.63) is 60.1 Å². The highest BCUT2D eigenvalue weighted by atomic mass is 16.3. The first-order chi connectivity index (χ1) is 13.0. The van der Waals surface area contributed by atoms with Gasteiger partial charge in [-0.3, -0.25) is 14.4 Å². The van der Waals surface area contributed by atoms with E-state index in [0.717, 1.165) is 12.0 Å². The minimum atomic E-state index is -0.747. The molecule has 0 spiro atoms. The van der Waals surface area contributed by atoms with Gasteiger partial charge < -0.3 is 20.0 Å². The van der Waals surface area contributed by atoms with E-state index in [1.54, 1.807) is 17.9 Å². The van der Waals surface area contributed by atoms with Crippen LogP contribution in [0.5, 0.6) is 0 Å². The Morgan fingerprint density at radius 1 is 1.15 bits per heavy atom. The van der Waals surface area contributed by atoms with Crippen LogP contribution in [0.1, 0.15) is 41.9 Å². The first kappa shape index (κ1) is 18.7. The van der Waals surface area contributed by atoms with Gasteiger partial charge in [0.25, 0.3) is 5.91 Å². The molecule has 2 aromatic rings. The molecule has 7 nitrogen and oxygen atoms in total. The fourth-order valence-electron chi connectivity index (χ4n) is 3.07. The van der Waals surface area contributed by atoms with E-state index in [-0.39, 0.29) is 23.6 Å². The normalized spacial score (nSPS) is 16.0. The molecule has 0 radical (unpaired) electrons. The third-order valence-corrected chi connectivity index (χ3v) is 4.58. The Balaban J connectivity index is 1.66. The summed E-state index contributed by atoms with van der Waals surface area (Å²) in [6, 6.07) is 11.6. The molecule has 3 amide bonds. The van der Waals surface area contributed by atoms with Crippen molar-refractivity contribution in [1.82, 2.24) is 15.5 Å². The zero-order valence-electron chi connectivity index (χ0n) is 15.2. The smallest absolute Gasteiger partial charge is 0.287 e. The van der Waals surface area contributed by atoms with Crippen molar-refractivity contribution in [2.45, 2.75) is 31.8 Å². The molecular weight excluding hydrogens is 346 g/mol. The van der Waals surface area contributed by atoms with Crippen LogP contribution in [-0.2, 0) is 9.59 Å². The molecule has 2 unspecified atom stereocenters. The molecule has 3 rings (SSSR count). The van der Waals surface area contributed by atoms with Crippen molar-refractivity contribution < 1.29 is 18.8 Å². The van der Waals surface area contributed by atoms with Crippen LogP contribution >= 0.6 is 0 Å². The summed E-state index contributed by atoms with van der Waals surface area (Å²) >= 11 is 0. The number of likely N-dealkylation sites (tertiary alicyclic amines) is 1. The Kier molecular flexibility index (Phi) is 5.90. The number of hydrogen-bond acceptors (Lipinski definition) is 4. The maximum absolute atomic E-state index is 12.6. The zero-order valence-corrected chi connectivity index (χ0v) is 15.2. The minimum Gasteiger partial charge on any atom is -0.459 e. The number of nitrogens with one attached hydrogen (secondary N) is 2. The molecule has 1 aliphatic rings. The summed E-state index contributed by atoms with van der Waals surface area (Å²) in [6.45, 7) is 2.72. The molecule has 0 saturated carbocycles. The van der Waals surface area contributed by atoms with E-state index in [4.69, 9.17) is 4.42 Å². The number of rotatable bonds is 7. The van der Waals surface area contributed by atoms with E-state index in [1.807, 2.05) is 30.3 Å². The summed E-state index contributed by atoms with van der Waals surface area (Å²) in [4.78, 5) is 38.4. The average molecular weight is 369 g/mol. The molecule has 1 aromatic carbocycles. The Bertz CT molecular complexity index is 789. The molecule has 2 atom stereocenters. The molecule has 0 aliphatic carbocycles. The predicted molar refractivity (Wildman–Crippen MR) is 98.8 cm³/mol. The quantitative estimate of drug-likeness (QED) is 0.779. The van der Waals surface area contributed by atoms with Gasteiger partial charge in [0, 0.05) is 19.5 Å². The molecule has 1 aliphatic heterocycles. The maximum Gasteiger partial charge on any atom is 0.287 e. The average Bonchev–Trinajstić information content (AvgIpc) is 3.34. The number of benzene rings is 1. The molecule has 2 heterocycles. The van der Waals surface area contributed by atoms with Crippen molar-refractivity contribution in [3.8, 4) is 0 Å². The zero-order chi connectivity index (χ0) is 19.2. The van der Waals surface area contributed by atoms with E-state index >= 15 is 0 Å². The molecule has 7 heteroatoms. The highest BCUT2D eigenvalue weighted by Gasteiger charge is 2.27. The van der Waals surface area contributed by atoms with Crippen molar-refractivity contribution >= 4 is 17.7 Å². The molecule has 0 bridgehead atoms. The Morgan fingerprint density at radius 3 is 2.56 bits per heavy atom. The number of carbonyl (C=O) groups is 3. The van der Waals surface area contributed by atoms with Gasteiger partial charge in [0.2, 0.25) is 11.8 Å². The Labute approximate surface area is 157 Å². The van der Waals surface area contributed by atoms with Crippen LogP contribution in [0, 0.1) is 0 Å². The lowest BCUT2D eigenvalue weighted by atomic mass is 10.1. The van der Waals surface area contributed by atoms with Crippen LogP contribution in [0.4, 0.5) is 0 Å². The van der Waals surface area contributed by atoms with Crippen LogP contribution in [0.2, 0.25) is 0 Å². The predicted octanol–water partition coefficient (Wildman–Crippen LogP) is 1.88. The second-order valence-electron chi connectivity index (χ2n) is 6.59. The molecule has 1 fully saturated rings. The molecule has 2 N–H and O–H groups in total. The highest BCUT2D eigenvalue weighted by Crippen LogP contribution is 2.18. The van der Waals surface area contributed by atoms with Gasteiger partial charge in [-0.05, 0) is 31.0 Å². The number of carbonyl (C=O) groups excluding carboxylic acids is 3. The first-order valence-corrected chi connectivity index (χ1v) is 9.02. The van der Waals surface area contributed by atoms with Gasteiger partial charge in [-0.15, -0.1) is 0 Å². The fourth-order valence-corrected chi connectivity index (χ4v) is 3.07. The summed E-state index contributed by atoms with van der Waals surface area (Å²) in [6.07, 6.45) is 2.78. The summed E-state index contributed by atoms with van der Waals surface area (Å²) in [7, 11) is 0.